The quantitative estimate of drug-likeness (QED) is 0.692. The highest BCUT2D eigenvalue weighted by Crippen LogP contribution is 2.02. The lowest BCUT2D eigenvalue weighted by Crippen LogP contribution is -2.35. The topological polar surface area (TPSA) is 44.4 Å². The van der Waals surface area contributed by atoms with Crippen molar-refractivity contribution < 1.29 is 4.79 Å². The molecule has 4 heteroatoms. The summed E-state index contributed by atoms with van der Waals surface area (Å²) in [4.78, 5) is 13.8. The van der Waals surface area contributed by atoms with Gasteiger partial charge in [0.1, 0.15) is 0 Å². The number of hydrogen-bond donors (Lipinski definition) is 2. The molecule has 0 radical (unpaired) electrons. The Bertz CT molecular complexity index is 375. The highest BCUT2D eigenvalue weighted by atomic mass is 16.2. The molecule has 1 aromatic rings. The predicted molar refractivity (Wildman–Crippen MR) is 79.1 cm³/mol. The maximum absolute atomic E-state index is 11.8. The minimum Gasteiger partial charge on any atom is -0.351 e. The summed E-state index contributed by atoms with van der Waals surface area (Å²) in [6, 6.07) is 8.22. The maximum Gasteiger partial charge on any atom is 0.234 e. The molecule has 19 heavy (non-hydrogen) atoms. The van der Waals surface area contributed by atoms with E-state index in [9.17, 15) is 4.79 Å². The van der Waals surface area contributed by atoms with Crippen molar-refractivity contribution >= 4 is 5.91 Å². The van der Waals surface area contributed by atoms with Crippen molar-refractivity contribution in [3.05, 3.63) is 35.4 Å². The average Bonchev–Trinajstić information content (AvgIpc) is 2.38. The zero-order valence-electron chi connectivity index (χ0n) is 12.2. The van der Waals surface area contributed by atoms with Crippen molar-refractivity contribution in [1.29, 1.82) is 0 Å². The maximum atomic E-state index is 11.8. The van der Waals surface area contributed by atoms with Crippen LogP contribution in [0, 0.1) is 6.92 Å². The first-order valence-corrected chi connectivity index (χ1v) is 6.77. The highest BCUT2D eigenvalue weighted by molar-refractivity contribution is 5.77. The molecule has 0 aliphatic heterocycles. The van der Waals surface area contributed by atoms with E-state index in [-0.39, 0.29) is 5.91 Å². The molecule has 0 saturated heterocycles. The standard InChI is InChI=1S/C15H25N3O/c1-13-5-7-14(8-6-13)11-17-15(19)12-18(3)10-4-9-16-2/h5-8,16H,4,9-12H2,1-3H3,(H,17,19). The van der Waals surface area contributed by atoms with Gasteiger partial charge in [0.05, 0.1) is 6.54 Å². The number of amides is 1. The second-order valence-electron chi connectivity index (χ2n) is 4.96. The molecule has 0 aliphatic rings. The number of benzene rings is 1. The van der Waals surface area contributed by atoms with Gasteiger partial charge in [0, 0.05) is 6.54 Å². The SMILES string of the molecule is CNCCCN(C)CC(=O)NCc1ccc(C)cc1. The summed E-state index contributed by atoms with van der Waals surface area (Å²) < 4.78 is 0. The van der Waals surface area contributed by atoms with Crippen LogP contribution in [0.15, 0.2) is 24.3 Å². The molecule has 106 valence electrons. The molecule has 0 aromatic heterocycles. The molecule has 0 bridgehead atoms. The first-order chi connectivity index (χ1) is 9.11. The van der Waals surface area contributed by atoms with Crippen LogP contribution in [-0.2, 0) is 11.3 Å². The number of rotatable bonds is 8. The van der Waals surface area contributed by atoms with Crippen molar-refractivity contribution in [2.75, 3.05) is 33.7 Å². The minimum atomic E-state index is 0.0764. The van der Waals surface area contributed by atoms with E-state index in [4.69, 9.17) is 0 Å². The fourth-order valence-corrected chi connectivity index (χ4v) is 1.81. The monoisotopic (exact) mass is 263 g/mol. The molecule has 0 saturated carbocycles. The van der Waals surface area contributed by atoms with Crippen LogP contribution in [0.5, 0.6) is 0 Å². The molecule has 0 spiro atoms. The molecule has 4 nitrogen and oxygen atoms in total. The third kappa shape index (κ3) is 6.94. The molecule has 1 rings (SSSR count). The number of carbonyl (C=O) groups excluding carboxylic acids is 1. The van der Waals surface area contributed by atoms with Gasteiger partial charge in [-0.25, -0.2) is 0 Å². The Morgan fingerprint density at radius 1 is 1.26 bits per heavy atom. The lowest BCUT2D eigenvalue weighted by Gasteiger charge is -2.16. The third-order valence-corrected chi connectivity index (χ3v) is 2.99. The zero-order valence-corrected chi connectivity index (χ0v) is 12.2. The van der Waals surface area contributed by atoms with Gasteiger partial charge < -0.3 is 10.6 Å². The Balaban J connectivity index is 2.22. The van der Waals surface area contributed by atoms with E-state index in [1.807, 2.05) is 31.1 Å². The van der Waals surface area contributed by atoms with Crippen LogP contribution in [0.3, 0.4) is 0 Å². The summed E-state index contributed by atoms with van der Waals surface area (Å²) in [7, 11) is 3.91. The number of carbonyl (C=O) groups is 1. The Labute approximate surface area is 116 Å². The van der Waals surface area contributed by atoms with Gasteiger partial charge in [-0.1, -0.05) is 29.8 Å². The largest absolute Gasteiger partial charge is 0.351 e. The summed E-state index contributed by atoms with van der Waals surface area (Å²) >= 11 is 0. The summed E-state index contributed by atoms with van der Waals surface area (Å²) in [5, 5.41) is 6.04. The van der Waals surface area contributed by atoms with E-state index in [0.29, 0.717) is 13.1 Å². The summed E-state index contributed by atoms with van der Waals surface area (Å²) in [6.07, 6.45) is 1.05. The molecule has 0 atom stereocenters. The van der Waals surface area contributed by atoms with E-state index in [0.717, 1.165) is 25.1 Å². The second kappa shape index (κ2) is 8.67. The number of aryl methyl sites for hydroxylation is 1. The van der Waals surface area contributed by atoms with Gasteiger partial charge in [-0.3, -0.25) is 9.69 Å². The summed E-state index contributed by atoms with van der Waals surface area (Å²) in [5.41, 5.74) is 2.37. The van der Waals surface area contributed by atoms with Gasteiger partial charge in [-0.15, -0.1) is 0 Å². The van der Waals surface area contributed by atoms with E-state index >= 15 is 0 Å². The van der Waals surface area contributed by atoms with Gasteiger partial charge in [0.2, 0.25) is 5.91 Å². The predicted octanol–water partition coefficient (Wildman–Crippen LogP) is 1.15. The van der Waals surface area contributed by atoms with E-state index in [1.54, 1.807) is 0 Å². The second-order valence-corrected chi connectivity index (χ2v) is 4.96. The van der Waals surface area contributed by atoms with Crippen molar-refractivity contribution in [3.8, 4) is 0 Å². The smallest absolute Gasteiger partial charge is 0.234 e. The molecular weight excluding hydrogens is 238 g/mol. The van der Waals surface area contributed by atoms with E-state index in [1.165, 1.54) is 5.56 Å². The lowest BCUT2D eigenvalue weighted by molar-refractivity contribution is -0.122. The van der Waals surface area contributed by atoms with Crippen LogP contribution >= 0.6 is 0 Å². The summed E-state index contributed by atoms with van der Waals surface area (Å²) in [6.45, 7) is 5.02. The fourth-order valence-electron chi connectivity index (χ4n) is 1.81. The Morgan fingerprint density at radius 2 is 1.95 bits per heavy atom. The van der Waals surface area contributed by atoms with E-state index < -0.39 is 0 Å². The van der Waals surface area contributed by atoms with Gasteiger partial charge in [0.25, 0.3) is 0 Å². The fraction of sp³-hybridized carbons (Fsp3) is 0.533. The molecule has 1 amide bonds. The van der Waals surface area contributed by atoms with Gasteiger partial charge in [-0.2, -0.15) is 0 Å². The van der Waals surface area contributed by atoms with Crippen LogP contribution in [0.2, 0.25) is 0 Å². The molecular formula is C15H25N3O. The number of nitrogens with one attached hydrogen (secondary N) is 2. The van der Waals surface area contributed by atoms with Crippen LogP contribution in [-0.4, -0.2) is 44.5 Å². The average molecular weight is 263 g/mol. The minimum absolute atomic E-state index is 0.0764. The first kappa shape index (κ1) is 15.7. The van der Waals surface area contributed by atoms with Crippen LogP contribution in [0.25, 0.3) is 0 Å². The molecule has 1 aromatic carbocycles. The lowest BCUT2D eigenvalue weighted by atomic mass is 10.1. The number of nitrogens with zero attached hydrogens (tertiary/aromatic N) is 1. The number of likely N-dealkylation sites (N-methyl/N-ethyl adjacent to an activating group) is 1. The Kier molecular flexibility index (Phi) is 7.15. The van der Waals surface area contributed by atoms with Crippen LogP contribution < -0.4 is 10.6 Å². The van der Waals surface area contributed by atoms with Gasteiger partial charge in [-0.05, 0) is 46.1 Å². The van der Waals surface area contributed by atoms with Crippen LogP contribution in [0.1, 0.15) is 17.5 Å². The Hall–Kier alpha value is -1.39. The normalized spacial score (nSPS) is 10.7. The van der Waals surface area contributed by atoms with Crippen LogP contribution in [0.4, 0.5) is 0 Å². The summed E-state index contributed by atoms with van der Waals surface area (Å²) in [5.74, 6) is 0.0764. The van der Waals surface area contributed by atoms with E-state index in [2.05, 4.69) is 29.7 Å². The first-order valence-electron chi connectivity index (χ1n) is 6.77. The molecule has 2 N–H and O–H groups in total. The molecule has 0 heterocycles. The zero-order chi connectivity index (χ0) is 14.1. The Morgan fingerprint density at radius 3 is 2.58 bits per heavy atom. The van der Waals surface area contributed by atoms with Gasteiger partial charge in [0.15, 0.2) is 0 Å². The van der Waals surface area contributed by atoms with Crippen molar-refractivity contribution in [2.45, 2.75) is 19.9 Å². The molecule has 0 unspecified atom stereocenters. The number of hydrogen-bond acceptors (Lipinski definition) is 3. The van der Waals surface area contributed by atoms with Crippen molar-refractivity contribution in [3.63, 3.8) is 0 Å². The highest BCUT2D eigenvalue weighted by Gasteiger charge is 2.05. The van der Waals surface area contributed by atoms with Gasteiger partial charge >= 0.3 is 0 Å². The third-order valence-electron chi connectivity index (χ3n) is 2.99. The molecule has 0 aliphatic carbocycles. The van der Waals surface area contributed by atoms with Crippen molar-refractivity contribution in [1.82, 2.24) is 15.5 Å². The van der Waals surface area contributed by atoms with Crippen molar-refractivity contribution in [2.24, 2.45) is 0 Å². The molecule has 0 fully saturated rings.